The summed E-state index contributed by atoms with van der Waals surface area (Å²) in [5.74, 6) is 1.49. The van der Waals surface area contributed by atoms with Crippen LogP contribution in [0.2, 0.25) is 5.02 Å². The van der Waals surface area contributed by atoms with Gasteiger partial charge < -0.3 is 19.0 Å². The van der Waals surface area contributed by atoms with Crippen molar-refractivity contribution in [2.75, 3.05) is 14.2 Å². The number of halogens is 1. The molecule has 0 fully saturated rings. The molecule has 0 atom stereocenters. The van der Waals surface area contributed by atoms with Crippen molar-refractivity contribution in [1.29, 1.82) is 0 Å². The van der Waals surface area contributed by atoms with E-state index >= 15 is 0 Å². The summed E-state index contributed by atoms with van der Waals surface area (Å²) < 4.78 is 16.3. The molecule has 0 aliphatic carbocycles. The van der Waals surface area contributed by atoms with Crippen LogP contribution in [-0.2, 0) is 4.79 Å². The number of aromatic nitrogens is 3. The number of benzene rings is 2. The molecule has 0 aliphatic heterocycles. The van der Waals surface area contributed by atoms with Gasteiger partial charge in [0.05, 0.1) is 14.2 Å². The van der Waals surface area contributed by atoms with E-state index in [1.54, 1.807) is 56.7 Å². The second-order valence-corrected chi connectivity index (χ2v) is 8.14. The van der Waals surface area contributed by atoms with Crippen LogP contribution >= 0.6 is 23.4 Å². The second-order valence-electron chi connectivity index (χ2n) is 6.69. The lowest BCUT2D eigenvalue weighted by atomic mass is 10.2. The number of carboxylic acids is 1. The number of thioether (sulfide) groups is 1. The highest BCUT2D eigenvalue weighted by molar-refractivity contribution is 8.04. The Hall–Kier alpha value is -3.69. The highest BCUT2D eigenvalue weighted by Gasteiger charge is 2.16. The number of aromatic amines is 1. The smallest absolute Gasteiger partial charge is 0.342 e. The molecule has 168 valence electrons. The molecule has 2 heterocycles. The number of ether oxygens (including phenoxy) is 2. The first-order valence-electron chi connectivity index (χ1n) is 9.59. The van der Waals surface area contributed by atoms with Crippen LogP contribution in [0.25, 0.3) is 28.8 Å². The number of nitrogens with one attached hydrogen (secondary N) is 1. The van der Waals surface area contributed by atoms with Crippen molar-refractivity contribution < 1.29 is 23.8 Å². The van der Waals surface area contributed by atoms with E-state index in [0.29, 0.717) is 39.4 Å². The van der Waals surface area contributed by atoms with Gasteiger partial charge in [0, 0.05) is 28.3 Å². The fourth-order valence-electron chi connectivity index (χ4n) is 2.93. The van der Waals surface area contributed by atoms with E-state index in [1.807, 2.05) is 12.1 Å². The van der Waals surface area contributed by atoms with Gasteiger partial charge in [-0.3, -0.25) is 5.10 Å². The standard InChI is InChI=1S/C23H18ClN3O5S/c1-30-17-9-14(10-18(11-17)31-2)21-25-23(27-26-21)33-20(22(28)29)12-16-7-8-19(32-16)13-3-5-15(24)6-4-13/h3-12H,1-2H3,(H,28,29)(H,25,26,27)/b20-12-. The Morgan fingerprint density at radius 1 is 1.06 bits per heavy atom. The van der Waals surface area contributed by atoms with Crippen LogP contribution in [-0.4, -0.2) is 40.5 Å². The van der Waals surface area contributed by atoms with Gasteiger partial charge in [-0.15, -0.1) is 5.10 Å². The molecule has 4 rings (SSSR count). The SMILES string of the molecule is COc1cc(OC)cc(-c2nc(S/C(=C\c3ccc(-c4ccc(Cl)cc4)o3)C(=O)O)n[nH]2)c1. The van der Waals surface area contributed by atoms with Crippen LogP contribution in [0.15, 0.2) is 69.1 Å². The Morgan fingerprint density at radius 3 is 2.39 bits per heavy atom. The summed E-state index contributed by atoms with van der Waals surface area (Å²) in [5.41, 5.74) is 1.51. The van der Waals surface area contributed by atoms with E-state index in [4.69, 9.17) is 25.5 Å². The fraction of sp³-hybridized carbons (Fsp3) is 0.0870. The Bertz CT molecular complexity index is 1290. The number of methoxy groups -OCH3 is 2. The van der Waals surface area contributed by atoms with Crippen LogP contribution in [0.5, 0.6) is 11.5 Å². The molecule has 0 amide bonds. The number of H-pyrrole nitrogens is 1. The third-order valence-electron chi connectivity index (χ3n) is 4.53. The minimum Gasteiger partial charge on any atom is -0.497 e. The van der Waals surface area contributed by atoms with E-state index in [0.717, 1.165) is 17.3 Å². The van der Waals surface area contributed by atoms with Crippen molar-refractivity contribution >= 4 is 35.4 Å². The zero-order valence-electron chi connectivity index (χ0n) is 17.5. The molecule has 2 aromatic carbocycles. The van der Waals surface area contributed by atoms with Crippen molar-refractivity contribution in [2.24, 2.45) is 0 Å². The maximum absolute atomic E-state index is 11.8. The molecule has 2 aromatic heterocycles. The molecular formula is C23H18ClN3O5S. The van der Waals surface area contributed by atoms with Gasteiger partial charge >= 0.3 is 5.97 Å². The largest absolute Gasteiger partial charge is 0.497 e. The third kappa shape index (κ3) is 5.39. The summed E-state index contributed by atoms with van der Waals surface area (Å²) in [6, 6.07) is 15.9. The molecule has 0 aliphatic rings. The Labute approximate surface area is 198 Å². The number of aliphatic carboxylic acids is 1. The average Bonchev–Trinajstić information content (AvgIpc) is 3.48. The monoisotopic (exact) mass is 483 g/mol. The summed E-state index contributed by atoms with van der Waals surface area (Å²) in [6.07, 6.45) is 1.43. The number of hydrogen-bond donors (Lipinski definition) is 2. The van der Waals surface area contributed by atoms with E-state index in [-0.39, 0.29) is 10.1 Å². The maximum atomic E-state index is 11.8. The molecule has 0 bridgehead atoms. The van der Waals surface area contributed by atoms with E-state index in [2.05, 4.69) is 15.2 Å². The minimum absolute atomic E-state index is 0.000721. The summed E-state index contributed by atoms with van der Waals surface area (Å²) in [4.78, 5) is 16.2. The number of rotatable bonds is 8. The van der Waals surface area contributed by atoms with Crippen molar-refractivity contribution in [2.45, 2.75) is 5.16 Å². The van der Waals surface area contributed by atoms with Gasteiger partial charge in [-0.2, -0.15) is 0 Å². The zero-order chi connectivity index (χ0) is 23.4. The predicted molar refractivity (Wildman–Crippen MR) is 126 cm³/mol. The lowest BCUT2D eigenvalue weighted by molar-refractivity contribution is -0.131. The van der Waals surface area contributed by atoms with Gasteiger partial charge in [-0.25, -0.2) is 9.78 Å². The van der Waals surface area contributed by atoms with Crippen LogP contribution in [0.3, 0.4) is 0 Å². The summed E-state index contributed by atoms with van der Waals surface area (Å²) in [6.45, 7) is 0. The van der Waals surface area contributed by atoms with Gasteiger partial charge in [0.15, 0.2) is 5.82 Å². The summed E-state index contributed by atoms with van der Waals surface area (Å²) >= 11 is 6.82. The van der Waals surface area contributed by atoms with Gasteiger partial charge in [0.25, 0.3) is 0 Å². The topological polar surface area (TPSA) is 110 Å². The number of furan rings is 1. The Balaban J connectivity index is 1.56. The van der Waals surface area contributed by atoms with E-state index in [9.17, 15) is 9.90 Å². The van der Waals surface area contributed by atoms with Gasteiger partial charge in [0.1, 0.15) is 27.9 Å². The predicted octanol–water partition coefficient (Wildman–Crippen LogP) is 5.62. The second kappa shape index (κ2) is 9.85. The number of nitrogens with zero attached hydrogens (tertiary/aromatic N) is 2. The van der Waals surface area contributed by atoms with Crippen molar-refractivity contribution in [1.82, 2.24) is 15.2 Å². The molecule has 0 saturated heterocycles. The molecular weight excluding hydrogens is 466 g/mol. The van der Waals surface area contributed by atoms with Crippen molar-refractivity contribution in [3.05, 3.63) is 70.3 Å². The zero-order valence-corrected chi connectivity index (χ0v) is 19.1. The first-order chi connectivity index (χ1) is 15.9. The first kappa shape index (κ1) is 22.5. The highest BCUT2D eigenvalue weighted by atomic mass is 35.5. The number of carboxylic acid groups (broad SMARTS) is 1. The molecule has 8 nitrogen and oxygen atoms in total. The van der Waals surface area contributed by atoms with Crippen molar-refractivity contribution in [3.63, 3.8) is 0 Å². The van der Waals surface area contributed by atoms with E-state index < -0.39 is 5.97 Å². The highest BCUT2D eigenvalue weighted by Crippen LogP contribution is 2.32. The normalized spacial score (nSPS) is 11.4. The lowest BCUT2D eigenvalue weighted by Gasteiger charge is -2.06. The number of hydrogen-bond acceptors (Lipinski definition) is 7. The summed E-state index contributed by atoms with van der Waals surface area (Å²) in [7, 11) is 3.11. The van der Waals surface area contributed by atoms with Gasteiger partial charge in [0.2, 0.25) is 5.16 Å². The lowest BCUT2D eigenvalue weighted by Crippen LogP contribution is -1.97. The number of carbonyl (C=O) groups is 1. The minimum atomic E-state index is -1.13. The van der Waals surface area contributed by atoms with Crippen LogP contribution < -0.4 is 9.47 Å². The molecule has 10 heteroatoms. The van der Waals surface area contributed by atoms with E-state index in [1.165, 1.54) is 6.08 Å². The van der Waals surface area contributed by atoms with Crippen LogP contribution in [0, 0.1) is 0 Å². The molecule has 0 unspecified atom stereocenters. The van der Waals surface area contributed by atoms with Gasteiger partial charge in [-0.05, 0) is 60.3 Å². The fourth-order valence-corrected chi connectivity index (χ4v) is 3.74. The third-order valence-corrected chi connectivity index (χ3v) is 5.66. The molecule has 33 heavy (non-hydrogen) atoms. The quantitative estimate of drug-likeness (QED) is 0.245. The van der Waals surface area contributed by atoms with Gasteiger partial charge in [-0.1, -0.05) is 11.6 Å². The molecule has 4 aromatic rings. The maximum Gasteiger partial charge on any atom is 0.342 e. The molecule has 0 spiro atoms. The molecule has 0 saturated carbocycles. The average molecular weight is 484 g/mol. The molecule has 2 N–H and O–H groups in total. The molecule has 0 radical (unpaired) electrons. The van der Waals surface area contributed by atoms with Crippen LogP contribution in [0.4, 0.5) is 0 Å². The Kier molecular flexibility index (Phi) is 6.71. The Morgan fingerprint density at radius 2 is 1.76 bits per heavy atom. The summed E-state index contributed by atoms with van der Waals surface area (Å²) in [5, 5.41) is 17.5. The first-order valence-corrected chi connectivity index (χ1v) is 10.8. The van der Waals surface area contributed by atoms with Crippen LogP contribution in [0.1, 0.15) is 5.76 Å². The van der Waals surface area contributed by atoms with Crippen molar-refractivity contribution in [3.8, 4) is 34.2 Å².